The Morgan fingerprint density at radius 1 is 1.25 bits per heavy atom. The zero-order chi connectivity index (χ0) is 19.6. The molecule has 28 heavy (non-hydrogen) atoms. The number of carbonyl (C=O) groups is 1. The quantitative estimate of drug-likeness (QED) is 0.851. The number of piperazine rings is 1. The maximum Gasteiger partial charge on any atom is 0.271 e. The highest BCUT2D eigenvalue weighted by Gasteiger charge is 2.43. The maximum atomic E-state index is 12.6. The zero-order valence-corrected chi connectivity index (χ0v) is 17.4. The summed E-state index contributed by atoms with van der Waals surface area (Å²) in [5, 5.41) is 6.69. The standard InChI is InChI=1S/C21H35N5O2/c1-17(2)16-24-10-12-25(13-11-24)18-4-14-28-21(15-18)5-8-26(9-6-21)20(27)19-3-7-22-23-19/h3,7,17-18H,4-6,8-16H2,1-2H3,(H,22,23)/t18-/m0/s1. The van der Waals surface area contributed by atoms with Crippen molar-refractivity contribution in [2.75, 3.05) is 52.4 Å². The first-order valence-corrected chi connectivity index (χ1v) is 10.9. The molecule has 0 unspecified atom stereocenters. The number of hydrogen-bond acceptors (Lipinski definition) is 5. The number of ether oxygens (including phenoxy) is 1. The van der Waals surface area contributed by atoms with Crippen LogP contribution in [0.3, 0.4) is 0 Å². The van der Waals surface area contributed by atoms with Gasteiger partial charge in [-0.3, -0.25) is 14.8 Å². The number of hydrogen-bond donors (Lipinski definition) is 1. The predicted octanol–water partition coefficient (Wildman–Crippen LogP) is 1.84. The molecule has 4 rings (SSSR count). The lowest BCUT2D eigenvalue weighted by Crippen LogP contribution is -2.57. The third-order valence-electron chi connectivity index (χ3n) is 6.71. The third-order valence-corrected chi connectivity index (χ3v) is 6.71. The van der Waals surface area contributed by atoms with Crippen LogP contribution < -0.4 is 0 Å². The van der Waals surface area contributed by atoms with E-state index in [1.165, 1.54) is 32.7 Å². The fraction of sp³-hybridized carbons (Fsp3) is 0.810. The van der Waals surface area contributed by atoms with Gasteiger partial charge in [0.15, 0.2) is 0 Å². The summed E-state index contributed by atoms with van der Waals surface area (Å²) >= 11 is 0. The molecule has 3 aliphatic rings. The van der Waals surface area contributed by atoms with Gasteiger partial charge in [0.05, 0.1) is 5.60 Å². The van der Waals surface area contributed by atoms with E-state index in [4.69, 9.17) is 4.74 Å². The lowest BCUT2D eigenvalue weighted by atomic mass is 9.81. The molecule has 1 atom stereocenters. The van der Waals surface area contributed by atoms with E-state index in [-0.39, 0.29) is 11.5 Å². The van der Waals surface area contributed by atoms with Crippen LogP contribution in [-0.4, -0.2) is 94.9 Å². The molecule has 1 N–H and O–H groups in total. The van der Waals surface area contributed by atoms with Crippen molar-refractivity contribution in [3.05, 3.63) is 18.0 Å². The Bertz CT molecular complexity index is 631. The fourth-order valence-corrected chi connectivity index (χ4v) is 5.15. The highest BCUT2D eigenvalue weighted by Crippen LogP contribution is 2.37. The summed E-state index contributed by atoms with van der Waals surface area (Å²) < 4.78 is 6.32. The molecule has 1 aromatic heterocycles. The monoisotopic (exact) mass is 389 g/mol. The second-order valence-corrected chi connectivity index (χ2v) is 9.17. The number of nitrogens with one attached hydrogen (secondary N) is 1. The molecule has 7 nitrogen and oxygen atoms in total. The summed E-state index contributed by atoms with van der Waals surface area (Å²) in [5.41, 5.74) is 0.542. The van der Waals surface area contributed by atoms with Crippen molar-refractivity contribution in [3.8, 4) is 0 Å². The number of carbonyl (C=O) groups excluding carboxylic acids is 1. The molecule has 3 saturated heterocycles. The van der Waals surface area contributed by atoms with Crippen LogP contribution in [-0.2, 0) is 4.74 Å². The summed E-state index contributed by atoms with van der Waals surface area (Å²) in [5.74, 6) is 0.800. The smallest absolute Gasteiger partial charge is 0.271 e. The van der Waals surface area contributed by atoms with Crippen molar-refractivity contribution in [1.82, 2.24) is 24.9 Å². The summed E-state index contributed by atoms with van der Waals surface area (Å²) in [4.78, 5) is 19.8. The Kier molecular flexibility index (Phi) is 6.04. The number of aromatic amines is 1. The van der Waals surface area contributed by atoms with Crippen molar-refractivity contribution in [3.63, 3.8) is 0 Å². The molecular formula is C21H35N5O2. The van der Waals surface area contributed by atoms with E-state index < -0.39 is 0 Å². The predicted molar refractivity (Wildman–Crippen MR) is 108 cm³/mol. The minimum absolute atomic E-state index is 0.0389. The van der Waals surface area contributed by atoms with E-state index in [9.17, 15) is 4.79 Å². The van der Waals surface area contributed by atoms with Gasteiger partial charge in [-0.15, -0.1) is 0 Å². The molecule has 1 amide bonds. The Morgan fingerprint density at radius 3 is 2.64 bits per heavy atom. The minimum Gasteiger partial charge on any atom is -0.375 e. The SMILES string of the molecule is CC(C)CN1CCN([C@H]2CCOC3(CCN(C(=O)c4ccn[nH]4)CC3)C2)CC1. The van der Waals surface area contributed by atoms with Crippen LogP contribution in [0.2, 0.25) is 0 Å². The molecule has 156 valence electrons. The summed E-state index contributed by atoms with van der Waals surface area (Å²) in [7, 11) is 0. The number of H-pyrrole nitrogens is 1. The van der Waals surface area contributed by atoms with E-state index in [0.717, 1.165) is 51.3 Å². The van der Waals surface area contributed by atoms with Gasteiger partial charge in [-0.05, 0) is 37.7 Å². The van der Waals surface area contributed by atoms with Crippen LogP contribution in [0, 0.1) is 5.92 Å². The van der Waals surface area contributed by atoms with Crippen LogP contribution in [0.1, 0.15) is 50.0 Å². The van der Waals surface area contributed by atoms with Crippen LogP contribution in [0.25, 0.3) is 0 Å². The maximum absolute atomic E-state index is 12.6. The average molecular weight is 390 g/mol. The summed E-state index contributed by atoms with van der Waals surface area (Å²) in [6.45, 7) is 13.0. The normalized spacial score (nSPS) is 26.8. The number of likely N-dealkylation sites (tertiary alicyclic amines) is 1. The van der Waals surface area contributed by atoms with Gasteiger partial charge in [0, 0.05) is 64.7 Å². The van der Waals surface area contributed by atoms with E-state index in [2.05, 4.69) is 33.8 Å². The second-order valence-electron chi connectivity index (χ2n) is 9.17. The molecular weight excluding hydrogens is 354 g/mol. The average Bonchev–Trinajstić information content (AvgIpc) is 3.23. The molecule has 0 aromatic carbocycles. The fourth-order valence-electron chi connectivity index (χ4n) is 5.15. The van der Waals surface area contributed by atoms with Crippen molar-refractivity contribution in [2.24, 2.45) is 5.92 Å². The largest absolute Gasteiger partial charge is 0.375 e. The lowest BCUT2D eigenvalue weighted by molar-refractivity contribution is -0.132. The highest BCUT2D eigenvalue weighted by atomic mass is 16.5. The van der Waals surface area contributed by atoms with E-state index in [1.807, 2.05) is 4.90 Å². The van der Waals surface area contributed by atoms with Gasteiger partial charge in [0.25, 0.3) is 5.91 Å². The third kappa shape index (κ3) is 4.42. The van der Waals surface area contributed by atoms with E-state index in [0.29, 0.717) is 11.7 Å². The van der Waals surface area contributed by atoms with Gasteiger partial charge < -0.3 is 14.5 Å². The molecule has 4 heterocycles. The van der Waals surface area contributed by atoms with Crippen molar-refractivity contribution >= 4 is 5.91 Å². The minimum atomic E-state index is -0.0389. The first-order chi connectivity index (χ1) is 13.5. The molecule has 0 aliphatic carbocycles. The van der Waals surface area contributed by atoms with E-state index >= 15 is 0 Å². The Morgan fingerprint density at radius 2 is 2.00 bits per heavy atom. The number of amides is 1. The van der Waals surface area contributed by atoms with Gasteiger partial charge in [0.1, 0.15) is 5.69 Å². The van der Waals surface area contributed by atoms with Gasteiger partial charge in [0.2, 0.25) is 0 Å². The topological polar surface area (TPSA) is 64.7 Å². The van der Waals surface area contributed by atoms with Crippen molar-refractivity contribution in [2.45, 2.75) is 51.2 Å². The Balaban J connectivity index is 1.29. The van der Waals surface area contributed by atoms with Gasteiger partial charge >= 0.3 is 0 Å². The van der Waals surface area contributed by atoms with Gasteiger partial charge in [-0.1, -0.05) is 13.8 Å². The first kappa shape index (κ1) is 19.9. The molecule has 3 aliphatic heterocycles. The molecule has 0 radical (unpaired) electrons. The molecule has 1 aromatic rings. The summed E-state index contributed by atoms with van der Waals surface area (Å²) in [6.07, 6.45) is 5.77. The molecule has 0 bridgehead atoms. The molecule has 7 heteroatoms. The zero-order valence-electron chi connectivity index (χ0n) is 17.4. The van der Waals surface area contributed by atoms with E-state index in [1.54, 1.807) is 12.3 Å². The molecule has 0 saturated carbocycles. The van der Waals surface area contributed by atoms with Crippen LogP contribution in [0.15, 0.2) is 12.3 Å². The summed E-state index contributed by atoms with van der Waals surface area (Å²) in [6, 6.07) is 2.38. The highest BCUT2D eigenvalue weighted by molar-refractivity contribution is 5.92. The van der Waals surface area contributed by atoms with Crippen molar-refractivity contribution in [1.29, 1.82) is 0 Å². The number of piperidine rings is 1. The molecule has 1 spiro atoms. The Labute approximate surface area is 168 Å². The van der Waals surface area contributed by atoms with Gasteiger partial charge in [-0.2, -0.15) is 5.10 Å². The Hall–Kier alpha value is -1.44. The van der Waals surface area contributed by atoms with Gasteiger partial charge in [-0.25, -0.2) is 0 Å². The number of rotatable bonds is 4. The van der Waals surface area contributed by atoms with Crippen LogP contribution in [0.5, 0.6) is 0 Å². The lowest BCUT2D eigenvalue weighted by Gasteiger charge is -2.49. The van der Waals surface area contributed by atoms with Crippen molar-refractivity contribution < 1.29 is 9.53 Å². The van der Waals surface area contributed by atoms with Crippen LogP contribution >= 0.6 is 0 Å². The first-order valence-electron chi connectivity index (χ1n) is 10.9. The molecule has 3 fully saturated rings. The number of nitrogens with zero attached hydrogens (tertiary/aromatic N) is 4. The second kappa shape index (κ2) is 8.51. The number of aromatic nitrogens is 2. The van der Waals surface area contributed by atoms with Crippen LogP contribution in [0.4, 0.5) is 0 Å².